The van der Waals surface area contributed by atoms with Gasteiger partial charge in [-0.2, -0.15) is 0 Å². The molecule has 1 fully saturated rings. The van der Waals surface area contributed by atoms with Crippen molar-refractivity contribution >= 4 is 48.7 Å². The van der Waals surface area contributed by atoms with Crippen LogP contribution in [-0.2, 0) is 0 Å². The number of rotatable bonds is 2. The van der Waals surface area contributed by atoms with Gasteiger partial charge in [-0.05, 0) is 56.8 Å². The highest BCUT2D eigenvalue weighted by molar-refractivity contribution is 9.13. The van der Waals surface area contributed by atoms with E-state index in [1.165, 1.54) is 0 Å². The van der Waals surface area contributed by atoms with E-state index in [0.29, 0.717) is 5.56 Å². The van der Waals surface area contributed by atoms with Gasteiger partial charge in [-0.25, -0.2) is 0 Å². The Hall–Kier alpha value is -0.850. The van der Waals surface area contributed by atoms with Gasteiger partial charge < -0.3 is 15.4 Å². The van der Waals surface area contributed by atoms with Gasteiger partial charge in [0.25, 0.3) is 5.91 Å². The smallest absolute Gasteiger partial charge is 0.253 e. The maximum absolute atomic E-state index is 12.5. The lowest BCUT2D eigenvalue weighted by Crippen LogP contribution is -2.45. The number of fused-ring (bicyclic) bond motifs is 1. The topological polar surface area (TPSA) is 65.1 Å². The normalized spacial score (nSPS) is 22.4. The summed E-state index contributed by atoms with van der Waals surface area (Å²) in [4.78, 5) is 15.6. The average Bonchev–Trinajstić information content (AvgIpc) is 2.85. The average molecular weight is 416 g/mol. The second kappa shape index (κ2) is 6.10. The number of aromatic nitrogens is 1. The molecule has 2 aromatic rings. The maximum atomic E-state index is 12.5. The van der Waals surface area contributed by atoms with Crippen molar-refractivity contribution in [3.8, 4) is 0 Å². The summed E-state index contributed by atoms with van der Waals surface area (Å²) in [5, 5.41) is 13.8. The number of H-pyrrole nitrogens is 1. The van der Waals surface area contributed by atoms with Crippen LogP contribution in [0.5, 0.6) is 0 Å². The van der Waals surface area contributed by atoms with E-state index in [1.807, 2.05) is 12.1 Å². The standard InChI is InChI=1S/C15H16Br2N2O2/c16-10-5-8-9(7-18-13(8)6-11(10)17)15(21)19-12-3-1-2-4-14(12)20/h5-7,12,14,18,20H,1-4H2,(H,19,21)/t12-,14-/m1/s1. The number of hydrogen-bond acceptors (Lipinski definition) is 2. The third kappa shape index (κ3) is 3.03. The quantitative estimate of drug-likeness (QED) is 0.699. The fourth-order valence-electron chi connectivity index (χ4n) is 2.83. The van der Waals surface area contributed by atoms with E-state index in [2.05, 4.69) is 42.2 Å². The van der Waals surface area contributed by atoms with Gasteiger partial charge in [0.1, 0.15) is 0 Å². The molecule has 1 aliphatic carbocycles. The lowest BCUT2D eigenvalue weighted by atomic mass is 9.92. The maximum Gasteiger partial charge on any atom is 0.253 e. The minimum Gasteiger partial charge on any atom is -0.391 e. The Morgan fingerprint density at radius 2 is 1.95 bits per heavy atom. The Bertz CT molecular complexity index is 684. The van der Waals surface area contributed by atoms with Crippen LogP contribution in [0, 0.1) is 0 Å². The van der Waals surface area contributed by atoms with Crippen molar-refractivity contribution in [2.24, 2.45) is 0 Å². The summed E-state index contributed by atoms with van der Waals surface area (Å²) in [5.41, 5.74) is 1.51. The van der Waals surface area contributed by atoms with Crippen molar-refractivity contribution in [2.75, 3.05) is 0 Å². The highest BCUT2D eigenvalue weighted by Gasteiger charge is 2.25. The number of aromatic amines is 1. The van der Waals surface area contributed by atoms with E-state index in [0.717, 1.165) is 45.5 Å². The summed E-state index contributed by atoms with van der Waals surface area (Å²) in [6.07, 6.45) is 4.96. The van der Waals surface area contributed by atoms with Crippen LogP contribution in [0.25, 0.3) is 10.9 Å². The van der Waals surface area contributed by atoms with E-state index in [4.69, 9.17) is 0 Å². The number of hydrogen-bond donors (Lipinski definition) is 3. The first-order valence-electron chi connectivity index (χ1n) is 7.01. The molecule has 0 bridgehead atoms. The van der Waals surface area contributed by atoms with Crippen molar-refractivity contribution in [1.29, 1.82) is 0 Å². The van der Waals surface area contributed by atoms with E-state index < -0.39 is 6.10 Å². The molecule has 1 amide bonds. The van der Waals surface area contributed by atoms with Crippen molar-refractivity contribution in [3.05, 3.63) is 32.8 Å². The van der Waals surface area contributed by atoms with E-state index in [1.54, 1.807) is 6.20 Å². The van der Waals surface area contributed by atoms with Gasteiger partial charge in [0.15, 0.2) is 0 Å². The van der Waals surface area contributed by atoms with E-state index >= 15 is 0 Å². The minimum atomic E-state index is -0.436. The Balaban J connectivity index is 1.86. The highest BCUT2D eigenvalue weighted by Crippen LogP contribution is 2.30. The van der Waals surface area contributed by atoms with Gasteiger partial charge in [0.2, 0.25) is 0 Å². The summed E-state index contributed by atoms with van der Waals surface area (Å²) < 4.78 is 1.84. The molecule has 0 saturated heterocycles. The molecule has 3 N–H and O–H groups in total. The predicted octanol–water partition coefficient (Wildman–Crippen LogP) is 3.73. The predicted molar refractivity (Wildman–Crippen MR) is 89.4 cm³/mol. The largest absolute Gasteiger partial charge is 0.391 e. The van der Waals surface area contributed by atoms with Crippen LogP contribution in [0.1, 0.15) is 36.0 Å². The molecule has 21 heavy (non-hydrogen) atoms. The zero-order valence-electron chi connectivity index (χ0n) is 11.3. The minimum absolute atomic E-state index is 0.138. The summed E-state index contributed by atoms with van der Waals surface area (Å²) in [5.74, 6) is -0.138. The van der Waals surface area contributed by atoms with Crippen molar-refractivity contribution in [3.63, 3.8) is 0 Å². The Morgan fingerprint density at radius 1 is 1.24 bits per heavy atom. The first kappa shape index (κ1) is 15.1. The molecule has 3 rings (SSSR count). The molecule has 0 unspecified atom stereocenters. The molecular weight excluding hydrogens is 400 g/mol. The van der Waals surface area contributed by atoms with Crippen LogP contribution in [0.4, 0.5) is 0 Å². The van der Waals surface area contributed by atoms with Gasteiger partial charge in [-0.3, -0.25) is 4.79 Å². The molecule has 112 valence electrons. The van der Waals surface area contributed by atoms with Gasteiger partial charge >= 0.3 is 0 Å². The second-order valence-corrected chi connectivity index (χ2v) is 7.15. The molecular formula is C15H16Br2N2O2. The third-order valence-electron chi connectivity index (χ3n) is 4.01. The molecule has 1 saturated carbocycles. The van der Waals surface area contributed by atoms with Gasteiger partial charge in [0, 0.05) is 26.0 Å². The Morgan fingerprint density at radius 3 is 2.71 bits per heavy atom. The summed E-state index contributed by atoms with van der Waals surface area (Å²) >= 11 is 6.91. The number of benzene rings is 1. The van der Waals surface area contributed by atoms with Crippen LogP contribution in [0.2, 0.25) is 0 Å². The number of aliphatic hydroxyl groups is 1. The number of carbonyl (C=O) groups is 1. The van der Waals surface area contributed by atoms with Crippen LogP contribution in [0.3, 0.4) is 0 Å². The monoisotopic (exact) mass is 414 g/mol. The van der Waals surface area contributed by atoms with Crippen molar-refractivity contribution in [2.45, 2.75) is 37.8 Å². The third-order valence-corrected chi connectivity index (χ3v) is 5.86. The molecule has 0 radical (unpaired) electrons. The molecule has 2 atom stereocenters. The lowest BCUT2D eigenvalue weighted by Gasteiger charge is -2.28. The Labute approximate surface area is 139 Å². The van der Waals surface area contributed by atoms with E-state index in [-0.39, 0.29) is 11.9 Å². The molecule has 6 heteroatoms. The number of amides is 1. The van der Waals surface area contributed by atoms with Gasteiger partial charge in [-0.15, -0.1) is 0 Å². The molecule has 4 nitrogen and oxygen atoms in total. The Kier molecular flexibility index (Phi) is 4.38. The van der Waals surface area contributed by atoms with Crippen molar-refractivity contribution < 1.29 is 9.90 Å². The number of aliphatic hydroxyl groups excluding tert-OH is 1. The zero-order valence-corrected chi connectivity index (χ0v) is 14.5. The van der Waals surface area contributed by atoms with Gasteiger partial charge in [0.05, 0.1) is 17.7 Å². The first-order chi connectivity index (χ1) is 10.1. The number of carbonyl (C=O) groups excluding carboxylic acids is 1. The van der Waals surface area contributed by atoms with Crippen LogP contribution in [0.15, 0.2) is 27.3 Å². The fourth-order valence-corrected chi connectivity index (χ4v) is 3.52. The lowest BCUT2D eigenvalue weighted by molar-refractivity contribution is 0.0718. The number of halogens is 2. The molecule has 0 aliphatic heterocycles. The summed E-state index contributed by atoms with van der Waals surface area (Å²) in [6, 6.07) is 3.71. The molecule has 1 heterocycles. The fraction of sp³-hybridized carbons (Fsp3) is 0.400. The van der Waals surface area contributed by atoms with Crippen LogP contribution >= 0.6 is 31.9 Å². The molecule has 1 aliphatic rings. The summed E-state index contributed by atoms with van der Waals surface area (Å²) in [6.45, 7) is 0. The molecule has 1 aromatic carbocycles. The van der Waals surface area contributed by atoms with Crippen molar-refractivity contribution in [1.82, 2.24) is 10.3 Å². The second-order valence-electron chi connectivity index (χ2n) is 5.45. The van der Waals surface area contributed by atoms with Gasteiger partial charge in [-0.1, -0.05) is 12.8 Å². The molecule has 1 aromatic heterocycles. The zero-order chi connectivity index (χ0) is 15.0. The van der Waals surface area contributed by atoms with Crippen LogP contribution < -0.4 is 5.32 Å². The highest BCUT2D eigenvalue weighted by atomic mass is 79.9. The SMILES string of the molecule is O=C(N[C@@H]1CCCC[C@H]1O)c1c[nH]c2cc(Br)c(Br)cc12. The van der Waals surface area contributed by atoms with Crippen LogP contribution in [-0.4, -0.2) is 28.1 Å². The number of nitrogens with one attached hydrogen (secondary N) is 2. The summed E-state index contributed by atoms with van der Waals surface area (Å²) in [7, 11) is 0. The molecule has 0 spiro atoms. The van der Waals surface area contributed by atoms with E-state index in [9.17, 15) is 9.90 Å². The first-order valence-corrected chi connectivity index (χ1v) is 8.60.